The van der Waals surface area contributed by atoms with E-state index in [1.54, 1.807) is 26.4 Å². The van der Waals surface area contributed by atoms with Crippen LogP contribution in [0.15, 0.2) is 29.6 Å². The lowest BCUT2D eigenvalue weighted by Gasteiger charge is -2.11. The minimum atomic E-state index is -3.57. The minimum absolute atomic E-state index is 0.0447. The van der Waals surface area contributed by atoms with Crippen LogP contribution in [0.3, 0.4) is 0 Å². The van der Waals surface area contributed by atoms with Crippen LogP contribution in [0.5, 0.6) is 0 Å². The van der Waals surface area contributed by atoms with Crippen LogP contribution in [0.1, 0.15) is 29.3 Å². The van der Waals surface area contributed by atoms with Gasteiger partial charge >= 0.3 is 0 Å². The standard InChI is InChI=1S/C12H17N5O3S/c1-8(11-14-4-5-15-11)16-12(18)10-6-9(7-17(10)3)21(19,20)13-2/h4-8,13H,1-3H3,(H,14,15)(H,16,18). The Bertz CT molecular complexity index is 733. The van der Waals surface area contributed by atoms with Gasteiger partial charge in [-0.3, -0.25) is 4.79 Å². The maximum atomic E-state index is 12.2. The van der Waals surface area contributed by atoms with Crippen LogP contribution in [-0.2, 0) is 17.1 Å². The number of hydrogen-bond acceptors (Lipinski definition) is 4. The minimum Gasteiger partial charge on any atom is -0.347 e. The van der Waals surface area contributed by atoms with Gasteiger partial charge in [0, 0.05) is 25.6 Å². The highest BCUT2D eigenvalue weighted by Crippen LogP contribution is 2.14. The van der Waals surface area contributed by atoms with Gasteiger partial charge in [0.15, 0.2) is 0 Å². The molecule has 1 atom stereocenters. The number of carbonyl (C=O) groups is 1. The largest absolute Gasteiger partial charge is 0.347 e. The molecule has 2 rings (SSSR count). The lowest BCUT2D eigenvalue weighted by atomic mass is 10.3. The molecule has 21 heavy (non-hydrogen) atoms. The topological polar surface area (TPSA) is 109 Å². The second kappa shape index (κ2) is 5.70. The predicted octanol–water partition coefficient (Wildman–Crippen LogP) is 0.147. The molecule has 0 aliphatic heterocycles. The first-order chi connectivity index (χ1) is 9.85. The molecule has 0 aromatic carbocycles. The van der Waals surface area contributed by atoms with Gasteiger partial charge in [-0.15, -0.1) is 0 Å². The Balaban J connectivity index is 2.20. The van der Waals surface area contributed by atoms with E-state index in [9.17, 15) is 13.2 Å². The molecule has 1 amide bonds. The number of nitrogens with one attached hydrogen (secondary N) is 3. The number of sulfonamides is 1. The summed E-state index contributed by atoms with van der Waals surface area (Å²) in [4.78, 5) is 19.2. The molecule has 0 spiro atoms. The molecule has 2 aromatic rings. The normalized spacial score (nSPS) is 13.1. The summed E-state index contributed by atoms with van der Waals surface area (Å²) >= 11 is 0. The van der Waals surface area contributed by atoms with E-state index in [-0.39, 0.29) is 22.5 Å². The lowest BCUT2D eigenvalue weighted by molar-refractivity contribution is 0.0930. The van der Waals surface area contributed by atoms with Crippen molar-refractivity contribution in [2.24, 2.45) is 7.05 Å². The molecular weight excluding hydrogens is 294 g/mol. The van der Waals surface area contributed by atoms with E-state index in [1.807, 2.05) is 0 Å². The maximum Gasteiger partial charge on any atom is 0.268 e. The highest BCUT2D eigenvalue weighted by atomic mass is 32.2. The molecule has 0 radical (unpaired) electrons. The van der Waals surface area contributed by atoms with Crippen molar-refractivity contribution in [3.63, 3.8) is 0 Å². The van der Waals surface area contributed by atoms with Crippen LogP contribution in [0.2, 0.25) is 0 Å². The molecular formula is C12H17N5O3S. The Morgan fingerprint density at radius 3 is 2.76 bits per heavy atom. The number of nitrogens with zero attached hydrogens (tertiary/aromatic N) is 2. The number of rotatable bonds is 5. The van der Waals surface area contributed by atoms with Gasteiger partial charge in [0.05, 0.1) is 6.04 Å². The van der Waals surface area contributed by atoms with E-state index in [1.165, 1.54) is 23.9 Å². The summed E-state index contributed by atoms with van der Waals surface area (Å²) in [6.45, 7) is 1.78. The quantitative estimate of drug-likeness (QED) is 0.730. The Kier molecular flexibility index (Phi) is 4.14. The Labute approximate surface area is 122 Å². The molecule has 0 saturated carbocycles. The Morgan fingerprint density at radius 2 is 2.19 bits per heavy atom. The van der Waals surface area contributed by atoms with Crippen LogP contribution in [-0.4, -0.2) is 35.9 Å². The summed E-state index contributed by atoms with van der Waals surface area (Å²) in [6, 6.07) is 1.02. The number of hydrogen-bond donors (Lipinski definition) is 3. The average molecular weight is 311 g/mol. The van der Waals surface area contributed by atoms with Crippen molar-refractivity contribution >= 4 is 15.9 Å². The molecule has 0 aliphatic carbocycles. The van der Waals surface area contributed by atoms with Gasteiger partial charge in [-0.25, -0.2) is 18.1 Å². The first-order valence-electron chi connectivity index (χ1n) is 6.25. The zero-order valence-electron chi connectivity index (χ0n) is 11.9. The van der Waals surface area contributed by atoms with Crippen molar-refractivity contribution < 1.29 is 13.2 Å². The van der Waals surface area contributed by atoms with Gasteiger partial charge in [-0.05, 0) is 20.0 Å². The molecule has 3 N–H and O–H groups in total. The highest BCUT2D eigenvalue weighted by Gasteiger charge is 2.20. The Hall–Kier alpha value is -2.13. The lowest BCUT2D eigenvalue weighted by Crippen LogP contribution is -2.28. The van der Waals surface area contributed by atoms with Crippen LogP contribution >= 0.6 is 0 Å². The van der Waals surface area contributed by atoms with Gasteiger partial charge in [0.2, 0.25) is 10.0 Å². The number of imidazole rings is 1. The van der Waals surface area contributed by atoms with Gasteiger partial charge in [-0.1, -0.05) is 0 Å². The second-order valence-electron chi connectivity index (χ2n) is 4.55. The molecule has 1 unspecified atom stereocenters. The fraction of sp³-hybridized carbons (Fsp3) is 0.333. The number of aromatic amines is 1. The molecule has 0 aliphatic rings. The summed E-state index contributed by atoms with van der Waals surface area (Å²) in [5, 5.41) is 2.75. The third-order valence-corrected chi connectivity index (χ3v) is 4.45. The molecule has 9 heteroatoms. The van der Waals surface area contributed by atoms with Crippen LogP contribution in [0, 0.1) is 0 Å². The summed E-state index contributed by atoms with van der Waals surface area (Å²) < 4.78 is 27.1. The molecule has 0 fully saturated rings. The van der Waals surface area contributed by atoms with Gasteiger partial charge < -0.3 is 14.9 Å². The van der Waals surface area contributed by atoms with Crippen molar-refractivity contribution in [1.29, 1.82) is 0 Å². The number of H-pyrrole nitrogens is 1. The molecule has 8 nitrogen and oxygen atoms in total. The van der Waals surface area contributed by atoms with E-state index < -0.39 is 10.0 Å². The fourth-order valence-electron chi connectivity index (χ4n) is 1.88. The molecule has 2 heterocycles. The third kappa shape index (κ3) is 3.14. The van der Waals surface area contributed by atoms with E-state index >= 15 is 0 Å². The van der Waals surface area contributed by atoms with Crippen molar-refractivity contribution in [3.05, 3.63) is 36.2 Å². The van der Waals surface area contributed by atoms with E-state index in [0.717, 1.165) is 0 Å². The zero-order valence-corrected chi connectivity index (χ0v) is 12.7. The van der Waals surface area contributed by atoms with Crippen LogP contribution < -0.4 is 10.0 Å². The summed E-state index contributed by atoms with van der Waals surface area (Å²) in [7, 11) is -0.642. The number of aromatic nitrogens is 3. The number of amides is 1. The van der Waals surface area contributed by atoms with Crippen molar-refractivity contribution in [3.8, 4) is 0 Å². The fourth-order valence-corrected chi connectivity index (χ4v) is 2.68. The third-order valence-electron chi connectivity index (χ3n) is 3.07. The molecule has 0 bridgehead atoms. The summed E-state index contributed by atoms with van der Waals surface area (Å²) in [5.41, 5.74) is 0.252. The van der Waals surface area contributed by atoms with Crippen molar-refractivity contribution in [1.82, 2.24) is 24.6 Å². The SMILES string of the molecule is CNS(=O)(=O)c1cc(C(=O)NC(C)c2ncc[nH]2)n(C)c1. The first-order valence-corrected chi connectivity index (χ1v) is 7.73. The summed E-state index contributed by atoms with van der Waals surface area (Å²) in [6.07, 6.45) is 4.65. The smallest absolute Gasteiger partial charge is 0.268 e. The monoisotopic (exact) mass is 311 g/mol. The van der Waals surface area contributed by atoms with Crippen molar-refractivity contribution in [2.75, 3.05) is 7.05 Å². The van der Waals surface area contributed by atoms with E-state index in [4.69, 9.17) is 0 Å². The molecule has 114 valence electrons. The van der Waals surface area contributed by atoms with Gasteiger partial charge in [0.1, 0.15) is 16.4 Å². The Morgan fingerprint density at radius 1 is 1.48 bits per heavy atom. The van der Waals surface area contributed by atoms with Crippen LogP contribution in [0.25, 0.3) is 0 Å². The maximum absolute atomic E-state index is 12.2. The highest BCUT2D eigenvalue weighted by molar-refractivity contribution is 7.89. The van der Waals surface area contributed by atoms with Gasteiger partial charge in [-0.2, -0.15) is 0 Å². The van der Waals surface area contributed by atoms with E-state index in [2.05, 4.69) is 20.0 Å². The second-order valence-corrected chi connectivity index (χ2v) is 6.44. The predicted molar refractivity (Wildman–Crippen MR) is 76.1 cm³/mol. The average Bonchev–Trinajstić information content (AvgIpc) is 3.07. The summed E-state index contributed by atoms with van der Waals surface area (Å²) in [5.74, 6) is 0.250. The molecule has 0 saturated heterocycles. The van der Waals surface area contributed by atoms with Gasteiger partial charge in [0.25, 0.3) is 5.91 Å². The molecule has 2 aromatic heterocycles. The number of carbonyl (C=O) groups excluding carboxylic acids is 1. The van der Waals surface area contributed by atoms with Crippen LogP contribution in [0.4, 0.5) is 0 Å². The number of aryl methyl sites for hydroxylation is 1. The van der Waals surface area contributed by atoms with E-state index in [0.29, 0.717) is 5.82 Å². The zero-order chi connectivity index (χ0) is 15.6. The van der Waals surface area contributed by atoms with Crippen molar-refractivity contribution in [2.45, 2.75) is 17.9 Å². The first kappa shape index (κ1) is 15.3.